The summed E-state index contributed by atoms with van der Waals surface area (Å²) in [6, 6.07) is 19.9. The first kappa shape index (κ1) is 20.1. The molecular formula is C25H26FN3O. The predicted molar refractivity (Wildman–Crippen MR) is 119 cm³/mol. The van der Waals surface area contributed by atoms with E-state index in [4.69, 9.17) is 4.74 Å². The van der Waals surface area contributed by atoms with Crippen molar-refractivity contribution in [3.05, 3.63) is 84.4 Å². The summed E-state index contributed by atoms with van der Waals surface area (Å²) in [5, 5.41) is 1.07. The average Bonchev–Trinajstić information content (AvgIpc) is 3.11. The van der Waals surface area contributed by atoms with E-state index in [1.54, 1.807) is 6.20 Å². The molecule has 0 atom stereocenters. The van der Waals surface area contributed by atoms with Crippen molar-refractivity contribution in [1.82, 2.24) is 14.5 Å². The minimum absolute atomic E-state index is 0.329. The van der Waals surface area contributed by atoms with Crippen LogP contribution in [0, 0.1) is 5.82 Å². The van der Waals surface area contributed by atoms with Crippen molar-refractivity contribution in [2.24, 2.45) is 0 Å². The van der Waals surface area contributed by atoms with Crippen LogP contribution >= 0.6 is 0 Å². The summed E-state index contributed by atoms with van der Waals surface area (Å²) in [4.78, 5) is 6.21. The molecule has 4 nitrogen and oxygen atoms in total. The molecule has 0 saturated heterocycles. The van der Waals surface area contributed by atoms with E-state index in [-0.39, 0.29) is 5.82 Å². The van der Waals surface area contributed by atoms with Gasteiger partial charge < -0.3 is 14.2 Å². The second kappa shape index (κ2) is 9.09. The fourth-order valence-electron chi connectivity index (χ4n) is 3.66. The van der Waals surface area contributed by atoms with E-state index >= 15 is 0 Å². The summed E-state index contributed by atoms with van der Waals surface area (Å²) in [7, 11) is 4.14. The molecule has 0 N–H and O–H groups in total. The van der Waals surface area contributed by atoms with E-state index in [1.165, 1.54) is 12.3 Å². The predicted octanol–water partition coefficient (Wildman–Crippen LogP) is 5.37. The summed E-state index contributed by atoms with van der Waals surface area (Å²) in [6.07, 6.45) is 3.95. The number of benzene rings is 2. The number of pyridine rings is 1. The van der Waals surface area contributed by atoms with Crippen LogP contribution in [0.25, 0.3) is 22.2 Å². The molecule has 0 aliphatic heterocycles. The van der Waals surface area contributed by atoms with Crippen molar-refractivity contribution in [3.63, 3.8) is 0 Å². The molecule has 2 aromatic heterocycles. The number of aromatic nitrogens is 2. The van der Waals surface area contributed by atoms with Crippen LogP contribution in [0.5, 0.6) is 5.75 Å². The van der Waals surface area contributed by atoms with Gasteiger partial charge in [-0.2, -0.15) is 0 Å². The van der Waals surface area contributed by atoms with Gasteiger partial charge in [-0.05, 0) is 63.0 Å². The molecule has 0 fully saturated rings. The Morgan fingerprint density at radius 2 is 1.83 bits per heavy atom. The lowest BCUT2D eigenvalue weighted by Gasteiger charge is -2.14. The van der Waals surface area contributed by atoms with E-state index in [2.05, 4.69) is 58.9 Å². The van der Waals surface area contributed by atoms with Gasteiger partial charge in [-0.3, -0.25) is 4.98 Å². The van der Waals surface area contributed by atoms with Gasteiger partial charge in [0.1, 0.15) is 18.2 Å². The highest BCUT2D eigenvalue weighted by atomic mass is 19.1. The number of nitrogens with zero attached hydrogens (tertiary/aromatic N) is 3. The normalized spacial score (nSPS) is 11.3. The van der Waals surface area contributed by atoms with Crippen LogP contribution in [0.4, 0.5) is 4.39 Å². The molecule has 0 bridgehead atoms. The van der Waals surface area contributed by atoms with E-state index in [9.17, 15) is 4.39 Å². The maximum atomic E-state index is 13.8. The number of hydrogen-bond donors (Lipinski definition) is 0. The van der Waals surface area contributed by atoms with E-state index < -0.39 is 0 Å². The SMILES string of the molecule is CN(C)CCCn1c(-c2cncc(F)c2)cc2cc(OCc3ccccc3)ccc21. The Morgan fingerprint density at radius 3 is 2.60 bits per heavy atom. The fourth-order valence-corrected chi connectivity index (χ4v) is 3.66. The first-order chi connectivity index (χ1) is 14.6. The molecule has 2 heterocycles. The van der Waals surface area contributed by atoms with Crippen molar-refractivity contribution >= 4 is 10.9 Å². The molecule has 2 aromatic carbocycles. The smallest absolute Gasteiger partial charge is 0.142 e. The van der Waals surface area contributed by atoms with Crippen molar-refractivity contribution < 1.29 is 9.13 Å². The second-order valence-corrected chi connectivity index (χ2v) is 7.72. The highest BCUT2D eigenvalue weighted by Crippen LogP contribution is 2.31. The topological polar surface area (TPSA) is 30.3 Å². The van der Waals surface area contributed by atoms with E-state index in [0.717, 1.165) is 53.0 Å². The zero-order chi connectivity index (χ0) is 20.9. The van der Waals surface area contributed by atoms with Crippen LogP contribution in [-0.4, -0.2) is 35.1 Å². The number of hydrogen-bond acceptors (Lipinski definition) is 3. The van der Waals surface area contributed by atoms with Gasteiger partial charge in [0, 0.05) is 29.2 Å². The van der Waals surface area contributed by atoms with Crippen LogP contribution < -0.4 is 4.74 Å². The molecule has 0 radical (unpaired) electrons. The summed E-state index contributed by atoms with van der Waals surface area (Å²) in [5.41, 5.74) is 3.99. The Morgan fingerprint density at radius 1 is 1.00 bits per heavy atom. The van der Waals surface area contributed by atoms with Crippen molar-refractivity contribution in [2.75, 3.05) is 20.6 Å². The van der Waals surface area contributed by atoms with Crippen molar-refractivity contribution in [2.45, 2.75) is 19.6 Å². The largest absolute Gasteiger partial charge is 0.489 e. The molecular weight excluding hydrogens is 377 g/mol. The minimum atomic E-state index is -0.329. The monoisotopic (exact) mass is 403 g/mol. The zero-order valence-corrected chi connectivity index (χ0v) is 17.4. The zero-order valence-electron chi connectivity index (χ0n) is 17.4. The maximum absolute atomic E-state index is 13.8. The lowest BCUT2D eigenvalue weighted by molar-refractivity contribution is 0.306. The van der Waals surface area contributed by atoms with Crippen molar-refractivity contribution in [1.29, 1.82) is 0 Å². The van der Waals surface area contributed by atoms with Gasteiger partial charge in [0.15, 0.2) is 0 Å². The van der Waals surface area contributed by atoms with Crippen LogP contribution in [-0.2, 0) is 13.2 Å². The fraction of sp³-hybridized carbons (Fsp3) is 0.240. The van der Waals surface area contributed by atoms with Gasteiger partial charge in [0.2, 0.25) is 0 Å². The van der Waals surface area contributed by atoms with Gasteiger partial charge in [0.05, 0.1) is 11.9 Å². The quantitative estimate of drug-likeness (QED) is 0.396. The van der Waals surface area contributed by atoms with Gasteiger partial charge in [-0.25, -0.2) is 4.39 Å². The first-order valence-electron chi connectivity index (χ1n) is 10.2. The third kappa shape index (κ3) is 4.69. The molecule has 0 spiro atoms. The Balaban J connectivity index is 1.66. The molecule has 0 unspecified atom stereocenters. The Hall–Kier alpha value is -3.18. The molecule has 154 valence electrons. The first-order valence-corrected chi connectivity index (χ1v) is 10.2. The second-order valence-electron chi connectivity index (χ2n) is 7.72. The molecule has 30 heavy (non-hydrogen) atoms. The van der Waals surface area contributed by atoms with Gasteiger partial charge >= 0.3 is 0 Å². The molecule has 0 aliphatic carbocycles. The minimum Gasteiger partial charge on any atom is -0.489 e. The number of rotatable bonds is 8. The van der Waals surface area contributed by atoms with Crippen LogP contribution in [0.3, 0.4) is 0 Å². The Kier molecular flexibility index (Phi) is 6.10. The lowest BCUT2D eigenvalue weighted by Crippen LogP contribution is -2.15. The summed E-state index contributed by atoms with van der Waals surface area (Å²) in [6.45, 7) is 2.35. The van der Waals surface area contributed by atoms with Gasteiger partial charge in [0.25, 0.3) is 0 Å². The third-order valence-corrected chi connectivity index (χ3v) is 5.11. The maximum Gasteiger partial charge on any atom is 0.142 e. The average molecular weight is 404 g/mol. The number of halogens is 1. The Bertz CT molecular complexity index is 1120. The van der Waals surface area contributed by atoms with Crippen LogP contribution in [0.2, 0.25) is 0 Å². The number of ether oxygens (including phenoxy) is 1. The lowest BCUT2D eigenvalue weighted by atomic mass is 10.2. The summed E-state index contributed by atoms with van der Waals surface area (Å²) >= 11 is 0. The molecule has 4 rings (SSSR count). The van der Waals surface area contributed by atoms with E-state index in [0.29, 0.717) is 6.61 Å². The van der Waals surface area contributed by atoms with Crippen LogP contribution in [0.1, 0.15) is 12.0 Å². The number of aryl methyl sites for hydroxylation is 1. The highest BCUT2D eigenvalue weighted by Gasteiger charge is 2.13. The number of fused-ring (bicyclic) bond motifs is 1. The van der Waals surface area contributed by atoms with Crippen LogP contribution in [0.15, 0.2) is 73.1 Å². The third-order valence-electron chi connectivity index (χ3n) is 5.11. The summed E-state index contributed by atoms with van der Waals surface area (Å²) in [5.74, 6) is 0.491. The molecule has 0 aliphatic rings. The van der Waals surface area contributed by atoms with Crippen molar-refractivity contribution in [3.8, 4) is 17.0 Å². The Labute approximate surface area is 176 Å². The molecule has 5 heteroatoms. The molecule has 0 amide bonds. The standard InChI is InChI=1S/C25H26FN3O/c1-28(2)11-6-12-29-24-10-9-23(30-18-19-7-4-3-5-8-19)14-20(24)15-25(29)21-13-22(26)17-27-16-21/h3-5,7-10,13-17H,6,11-12,18H2,1-2H3. The van der Waals surface area contributed by atoms with E-state index in [1.807, 2.05) is 24.3 Å². The summed E-state index contributed by atoms with van der Waals surface area (Å²) < 4.78 is 22.1. The highest BCUT2D eigenvalue weighted by molar-refractivity contribution is 5.88. The van der Waals surface area contributed by atoms with Gasteiger partial charge in [-0.1, -0.05) is 30.3 Å². The molecule has 4 aromatic rings. The molecule has 0 saturated carbocycles. The van der Waals surface area contributed by atoms with Gasteiger partial charge in [-0.15, -0.1) is 0 Å².